The van der Waals surface area contributed by atoms with Crippen molar-refractivity contribution in [1.82, 2.24) is 10.2 Å². The summed E-state index contributed by atoms with van der Waals surface area (Å²) in [7, 11) is 0. The monoisotopic (exact) mass is 480 g/mol. The molecule has 2 heterocycles. The lowest BCUT2D eigenvalue weighted by Gasteiger charge is -2.26. The van der Waals surface area contributed by atoms with Gasteiger partial charge in [0.1, 0.15) is 11.6 Å². The van der Waals surface area contributed by atoms with Gasteiger partial charge in [-0.15, -0.1) is 16.9 Å². The van der Waals surface area contributed by atoms with Crippen molar-refractivity contribution in [2.24, 2.45) is 5.73 Å². The van der Waals surface area contributed by atoms with Crippen LogP contribution in [0, 0.1) is 32.1 Å². The topological polar surface area (TPSA) is 87.7 Å². The number of nitrogens with two attached hydrogens (primary N) is 1. The number of ether oxygens (including phenoxy) is 1. The number of aryl methyl sites for hydroxylation is 3. The summed E-state index contributed by atoms with van der Waals surface area (Å²) in [5, 5.41) is 17.0. The van der Waals surface area contributed by atoms with Gasteiger partial charge in [0.25, 0.3) is 0 Å². The number of nitrogens with zero attached hydrogens (tertiary/aromatic N) is 2. The van der Waals surface area contributed by atoms with E-state index in [1.165, 1.54) is 16.0 Å². The third-order valence-electron chi connectivity index (χ3n) is 5.37. The number of hydrogen-bond donors (Lipinski definition) is 2. The Bertz CT molecular complexity index is 1190. The van der Waals surface area contributed by atoms with E-state index in [-0.39, 0.29) is 11.8 Å². The molecule has 3 aromatic rings. The summed E-state index contributed by atoms with van der Waals surface area (Å²) >= 11 is 5.27. The molecule has 0 radical (unpaired) electrons. The van der Waals surface area contributed by atoms with Gasteiger partial charge in [0.05, 0.1) is 5.92 Å². The van der Waals surface area contributed by atoms with Crippen LogP contribution in [0.3, 0.4) is 0 Å². The molecular weight excluding hydrogens is 460 g/mol. The van der Waals surface area contributed by atoms with E-state index in [0.29, 0.717) is 11.5 Å². The number of nitrogens with one attached hydrogen (secondary N) is 1. The molecule has 5 nitrogen and oxygen atoms in total. The highest BCUT2D eigenvalue weighted by Gasteiger charge is 2.35. The molecular formula is C23H21BrN4OS. The molecule has 1 atom stereocenters. The predicted molar refractivity (Wildman–Crippen MR) is 122 cm³/mol. The minimum absolute atomic E-state index is 0.118. The fraction of sp³-hybridized carbons (Fsp3) is 0.217. The lowest BCUT2D eigenvalue weighted by atomic mass is 9.81. The first-order valence-electron chi connectivity index (χ1n) is 9.50. The first-order chi connectivity index (χ1) is 14.4. The maximum atomic E-state index is 9.83. The molecule has 152 valence electrons. The summed E-state index contributed by atoms with van der Waals surface area (Å²) in [6, 6.07) is 15.0. The van der Waals surface area contributed by atoms with E-state index in [4.69, 9.17) is 10.5 Å². The van der Waals surface area contributed by atoms with Crippen LogP contribution >= 0.6 is 27.7 Å². The van der Waals surface area contributed by atoms with Gasteiger partial charge in [-0.1, -0.05) is 28.1 Å². The normalized spacial score (nSPS) is 15.5. The molecule has 0 spiro atoms. The number of fused-ring (bicyclic) bond motifs is 1. The highest BCUT2D eigenvalue weighted by molar-refractivity contribution is 9.10. The van der Waals surface area contributed by atoms with Crippen molar-refractivity contribution in [3.63, 3.8) is 0 Å². The number of H-pyrrole nitrogens is 1. The van der Waals surface area contributed by atoms with Gasteiger partial charge in [0.2, 0.25) is 11.8 Å². The zero-order valence-electron chi connectivity index (χ0n) is 16.9. The van der Waals surface area contributed by atoms with Gasteiger partial charge in [-0.05, 0) is 67.3 Å². The van der Waals surface area contributed by atoms with E-state index in [0.717, 1.165) is 32.6 Å². The van der Waals surface area contributed by atoms with Gasteiger partial charge in [-0.25, -0.2) is 0 Å². The predicted octanol–water partition coefficient (Wildman–Crippen LogP) is 5.61. The summed E-state index contributed by atoms with van der Waals surface area (Å²) in [5.74, 6) is 1.10. The van der Waals surface area contributed by atoms with E-state index in [2.05, 4.69) is 70.3 Å². The molecule has 3 N–H and O–H groups in total. The number of aromatic amines is 1. The van der Waals surface area contributed by atoms with Crippen LogP contribution in [-0.4, -0.2) is 10.2 Å². The molecule has 1 aromatic heterocycles. The molecule has 7 heteroatoms. The van der Waals surface area contributed by atoms with E-state index < -0.39 is 0 Å². The molecule has 1 unspecified atom stereocenters. The first kappa shape index (κ1) is 20.6. The molecule has 0 bridgehead atoms. The number of hydrogen-bond acceptors (Lipinski definition) is 5. The van der Waals surface area contributed by atoms with E-state index in [9.17, 15) is 5.26 Å². The molecule has 0 aliphatic carbocycles. The van der Waals surface area contributed by atoms with Crippen LogP contribution in [0.2, 0.25) is 0 Å². The quantitative estimate of drug-likeness (QED) is 0.473. The third-order valence-corrected chi connectivity index (χ3v) is 6.96. The van der Waals surface area contributed by atoms with Crippen LogP contribution in [0.15, 0.2) is 57.2 Å². The minimum Gasteiger partial charge on any atom is -0.420 e. The average Bonchev–Trinajstić information content (AvgIpc) is 3.08. The van der Waals surface area contributed by atoms with Crippen molar-refractivity contribution < 1.29 is 4.74 Å². The highest BCUT2D eigenvalue weighted by Crippen LogP contribution is 2.44. The van der Waals surface area contributed by atoms with Gasteiger partial charge >= 0.3 is 0 Å². The Morgan fingerprint density at radius 3 is 2.63 bits per heavy atom. The van der Waals surface area contributed by atoms with E-state index >= 15 is 0 Å². The van der Waals surface area contributed by atoms with Gasteiger partial charge in [0.15, 0.2) is 0 Å². The maximum Gasteiger partial charge on any atom is 0.244 e. The Hall–Kier alpha value is -2.69. The summed E-state index contributed by atoms with van der Waals surface area (Å²) in [5.41, 5.74) is 12.9. The fourth-order valence-corrected chi connectivity index (χ4v) is 5.01. The number of thioether (sulfide) groups is 1. The number of allylic oxidation sites excluding steroid dienone is 1. The Morgan fingerprint density at radius 2 is 1.93 bits per heavy atom. The first-order valence-corrected chi connectivity index (χ1v) is 11.3. The van der Waals surface area contributed by atoms with Crippen molar-refractivity contribution >= 4 is 27.7 Å². The molecule has 1 aliphatic rings. The van der Waals surface area contributed by atoms with Gasteiger partial charge in [-0.2, -0.15) is 5.26 Å². The molecule has 0 amide bonds. The van der Waals surface area contributed by atoms with Crippen LogP contribution in [0.25, 0.3) is 0 Å². The second kappa shape index (κ2) is 8.21. The second-order valence-electron chi connectivity index (χ2n) is 7.37. The molecule has 0 saturated heterocycles. The number of benzene rings is 2. The Kier molecular flexibility index (Phi) is 5.63. The van der Waals surface area contributed by atoms with Gasteiger partial charge < -0.3 is 10.5 Å². The summed E-state index contributed by atoms with van der Waals surface area (Å²) in [6.07, 6.45) is 0. The van der Waals surface area contributed by atoms with Crippen LogP contribution in [0.5, 0.6) is 5.88 Å². The van der Waals surface area contributed by atoms with Crippen LogP contribution < -0.4 is 10.5 Å². The fourth-order valence-electron chi connectivity index (χ4n) is 3.78. The number of halogens is 1. The zero-order chi connectivity index (χ0) is 21.4. The Morgan fingerprint density at radius 1 is 1.20 bits per heavy atom. The second-order valence-corrected chi connectivity index (χ2v) is 9.33. The SMILES string of the molecule is Cc1cc(C)c(C2C(C#N)=C(N)Oc3n[nH]c(C)c32)cc1CSc1ccc(Br)cc1. The summed E-state index contributed by atoms with van der Waals surface area (Å²) in [6.45, 7) is 6.14. The largest absolute Gasteiger partial charge is 0.420 e. The van der Waals surface area contributed by atoms with Crippen molar-refractivity contribution in [2.75, 3.05) is 0 Å². The van der Waals surface area contributed by atoms with Crippen molar-refractivity contribution in [3.8, 4) is 11.9 Å². The molecule has 1 aliphatic heterocycles. The number of aromatic nitrogens is 2. The lowest BCUT2D eigenvalue weighted by Crippen LogP contribution is -2.21. The molecule has 2 aromatic carbocycles. The molecule has 0 fully saturated rings. The molecule has 4 rings (SSSR count). The van der Waals surface area contributed by atoms with Crippen molar-refractivity contribution in [1.29, 1.82) is 5.26 Å². The molecule has 30 heavy (non-hydrogen) atoms. The van der Waals surface area contributed by atoms with Crippen LogP contribution in [0.4, 0.5) is 0 Å². The van der Waals surface area contributed by atoms with Gasteiger partial charge in [-0.3, -0.25) is 5.10 Å². The number of rotatable bonds is 4. The average molecular weight is 481 g/mol. The lowest BCUT2D eigenvalue weighted by molar-refractivity contribution is 0.378. The number of nitriles is 1. The van der Waals surface area contributed by atoms with Crippen LogP contribution in [0.1, 0.15) is 39.4 Å². The van der Waals surface area contributed by atoms with E-state index in [1.807, 2.05) is 19.1 Å². The maximum absolute atomic E-state index is 9.83. The standard InChI is InChI=1S/C23H21BrN4OS/c1-12-8-13(2)18(9-15(12)11-30-17-6-4-16(24)5-7-17)21-19(10-25)22(26)29-23-20(21)14(3)27-28-23/h4-9,21H,11,26H2,1-3H3,(H,27,28). The smallest absolute Gasteiger partial charge is 0.244 e. The third kappa shape index (κ3) is 3.73. The Balaban J connectivity index is 1.75. The Labute approximate surface area is 188 Å². The zero-order valence-corrected chi connectivity index (χ0v) is 19.3. The minimum atomic E-state index is -0.297. The van der Waals surface area contributed by atoms with Gasteiger partial charge in [0, 0.05) is 26.4 Å². The molecule has 0 saturated carbocycles. The van der Waals surface area contributed by atoms with Crippen molar-refractivity contribution in [2.45, 2.75) is 37.3 Å². The van der Waals surface area contributed by atoms with Crippen LogP contribution in [-0.2, 0) is 5.75 Å². The summed E-state index contributed by atoms with van der Waals surface area (Å²) in [4.78, 5) is 1.21. The highest BCUT2D eigenvalue weighted by atomic mass is 79.9. The van der Waals surface area contributed by atoms with Crippen molar-refractivity contribution in [3.05, 3.63) is 85.8 Å². The summed E-state index contributed by atoms with van der Waals surface area (Å²) < 4.78 is 6.67. The van der Waals surface area contributed by atoms with E-state index in [1.54, 1.807) is 11.8 Å².